The maximum absolute atomic E-state index is 12.0. The summed E-state index contributed by atoms with van der Waals surface area (Å²) in [5.74, 6) is -1.42. The molecule has 98 valence electrons. The molecule has 0 atom stereocenters. The van der Waals surface area contributed by atoms with Gasteiger partial charge in [-0.15, -0.1) is 0 Å². The van der Waals surface area contributed by atoms with Gasteiger partial charge in [0.05, 0.1) is 12.2 Å². The zero-order chi connectivity index (χ0) is 13.2. The fourth-order valence-corrected chi connectivity index (χ4v) is 3.45. The Morgan fingerprint density at radius 1 is 1.28 bits per heavy atom. The molecule has 1 N–H and O–H groups in total. The average molecular weight is 269 g/mol. The van der Waals surface area contributed by atoms with Crippen LogP contribution in [0.4, 0.5) is 0 Å². The molecule has 0 spiro atoms. The molecule has 0 aromatic heterocycles. The van der Waals surface area contributed by atoms with Gasteiger partial charge >= 0.3 is 5.97 Å². The predicted molar refractivity (Wildman–Crippen MR) is 66.6 cm³/mol. The highest BCUT2D eigenvalue weighted by atomic mass is 32.2. The van der Waals surface area contributed by atoms with Crippen molar-refractivity contribution < 1.29 is 18.3 Å². The summed E-state index contributed by atoms with van der Waals surface area (Å²) in [6, 6.07) is 7.73. The van der Waals surface area contributed by atoms with Crippen molar-refractivity contribution >= 4 is 16.0 Å². The third kappa shape index (κ3) is 2.88. The van der Waals surface area contributed by atoms with Gasteiger partial charge in [0.25, 0.3) is 0 Å². The van der Waals surface area contributed by atoms with Gasteiger partial charge in [-0.25, -0.2) is 8.42 Å². The van der Waals surface area contributed by atoms with Crippen LogP contribution in [0.2, 0.25) is 0 Å². The number of sulfonamides is 1. The van der Waals surface area contributed by atoms with Crippen LogP contribution in [0.25, 0.3) is 0 Å². The number of hydrogen-bond donors (Lipinski definition) is 1. The van der Waals surface area contributed by atoms with E-state index in [0.717, 1.165) is 5.56 Å². The fourth-order valence-electron chi connectivity index (χ4n) is 2.05. The van der Waals surface area contributed by atoms with E-state index in [0.29, 0.717) is 19.5 Å². The second-order valence-electron chi connectivity index (χ2n) is 4.31. The molecular weight excluding hydrogens is 254 g/mol. The van der Waals surface area contributed by atoms with Crippen LogP contribution in [0.1, 0.15) is 17.5 Å². The first-order valence-electron chi connectivity index (χ1n) is 5.75. The molecule has 0 saturated heterocycles. The van der Waals surface area contributed by atoms with Crippen molar-refractivity contribution in [3.8, 4) is 0 Å². The Kier molecular flexibility index (Phi) is 3.68. The van der Waals surface area contributed by atoms with Gasteiger partial charge in [-0.2, -0.15) is 4.31 Å². The zero-order valence-corrected chi connectivity index (χ0v) is 10.7. The van der Waals surface area contributed by atoms with Gasteiger partial charge in [-0.1, -0.05) is 24.3 Å². The lowest BCUT2D eigenvalue weighted by molar-refractivity contribution is -0.136. The number of rotatable bonds is 4. The highest BCUT2D eigenvalue weighted by Gasteiger charge is 2.26. The van der Waals surface area contributed by atoms with E-state index in [4.69, 9.17) is 5.11 Å². The fraction of sp³-hybridized carbons (Fsp3) is 0.417. The molecule has 0 saturated carbocycles. The van der Waals surface area contributed by atoms with Crippen molar-refractivity contribution in [1.82, 2.24) is 4.31 Å². The van der Waals surface area contributed by atoms with Crippen molar-refractivity contribution in [2.75, 3.05) is 12.3 Å². The van der Waals surface area contributed by atoms with E-state index in [1.54, 1.807) is 0 Å². The molecule has 0 fully saturated rings. The first-order valence-corrected chi connectivity index (χ1v) is 7.36. The Morgan fingerprint density at radius 2 is 1.94 bits per heavy atom. The quantitative estimate of drug-likeness (QED) is 0.879. The largest absolute Gasteiger partial charge is 0.481 e. The van der Waals surface area contributed by atoms with Crippen LogP contribution in [-0.4, -0.2) is 36.1 Å². The predicted octanol–water partition coefficient (Wildman–Crippen LogP) is 0.849. The third-order valence-corrected chi connectivity index (χ3v) is 4.88. The van der Waals surface area contributed by atoms with E-state index in [1.165, 1.54) is 9.87 Å². The van der Waals surface area contributed by atoms with E-state index < -0.39 is 16.0 Å². The van der Waals surface area contributed by atoms with Crippen LogP contribution in [0.3, 0.4) is 0 Å². The number of benzene rings is 1. The van der Waals surface area contributed by atoms with Crippen LogP contribution < -0.4 is 0 Å². The van der Waals surface area contributed by atoms with Crippen LogP contribution in [0.5, 0.6) is 0 Å². The molecule has 2 rings (SSSR count). The molecule has 1 aliphatic heterocycles. The lowest BCUT2D eigenvalue weighted by Crippen LogP contribution is -2.37. The molecule has 0 amide bonds. The monoisotopic (exact) mass is 269 g/mol. The second-order valence-corrected chi connectivity index (χ2v) is 6.40. The molecule has 1 aromatic rings. The van der Waals surface area contributed by atoms with Gasteiger partial charge in [-0.3, -0.25) is 4.79 Å². The van der Waals surface area contributed by atoms with E-state index >= 15 is 0 Å². The van der Waals surface area contributed by atoms with E-state index in [-0.39, 0.29) is 12.2 Å². The van der Waals surface area contributed by atoms with E-state index in [2.05, 4.69) is 0 Å². The number of hydrogen-bond acceptors (Lipinski definition) is 3. The molecule has 0 aliphatic carbocycles. The number of carboxylic acid groups (broad SMARTS) is 1. The first-order chi connectivity index (χ1) is 8.49. The summed E-state index contributed by atoms with van der Waals surface area (Å²) >= 11 is 0. The number of aliphatic carboxylic acids is 1. The smallest absolute Gasteiger partial charge is 0.304 e. The summed E-state index contributed by atoms with van der Waals surface area (Å²) in [7, 11) is -3.47. The van der Waals surface area contributed by atoms with Gasteiger partial charge in [-0.05, 0) is 17.5 Å². The van der Waals surface area contributed by atoms with Crippen LogP contribution in [-0.2, 0) is 27.8 Å². The summed E-state index contributed by atoms with van der Waals surface area (Å²) in [6.45, 7) is 0.775. The second kappa shape index (κ2) is 5.07. The highest BCUT2D eigenvalue weighted by Crippen LogP contribution is 2.21. The Bertz CT molecular complexity index is 553. The van der Waals surface area contributed by atoms with Gasteiger partial charge < -0.3 is 5.11 Å². The van der Waals surface area contributed by atoms with Crippen molar-refractivity contribution in [3.63, 3.8) is 0 Å². The summed E-state index contributed by atoms with van der Waals surface area (Å²) in [5.41, 5.74) is 2.17. The van der Waals surface area contributed by atoms with Crippen LogP contribution >= 0.6 is 0 Å². The summed E-state index contributed by atoms with van der Waals surface area (Å²) in [6.07, 6.45) is 0.336. The molecule has 6 heteroatoms. The van der Waals surface area contributed by atoms with Crippen LogP contribution in [0, 0.1) is 0 Å². The molecule has 1 heterocycles. The number of carbonyl (C=O) groups is 1. The van der Waals surface area contributed by atoms with Gasteiger partial charge in [0.1, 0.15) is 0 Å². The maximum Gasteiger partial charge on any atom is 0.304 e. The molecule has 0 unspecified atom stereocenters. The van der Waals surface area contributed by atoms with Crippen LogP contribution in [0.15, 0.2) is 24.3 Å². The molecular formula is C12H15NO4S. The van der Waals surface area contributed by atoms with Crippen molar-refractivity contribution in [1.29, 1.82) is 0 Å². The standard InChI is InChI=1S/C12H15NO4S/c14-12(15)6-8-18(16,17)13-7-5-10-3-1-2-4-11(10)9-13/h1-4H,5-9H2,(H,14,15). The minimum Gasteiger partial charge on any atom is -0.481 e. The Balaban J connectivity index is 2.11. The lowest BCUT2D eigenvalue weighted by Gasteiger charge is -2.27. The Morgan fingerprint density at radius 3 is 2.61 bits per heavy atom. The Labute approximate surface area is 106 Å². The first kappa shape index (κ1) is 13.0. The van der Waals surface area contributed by atoms with Gasteiger partial charge in [0, 0.05) is 13.1 Å². The molecule has 0 bridgehead atoms. The summed E-state index contributed by atoms with van der Waals surface area (Å²) in [5, 5.41) is 8.55. The van der Waals surface area contributed by atoms with Gasteiger partial charge in [0.15, 0.2) is 0 Å². The molecule has 1 aliphatic rings. The molecule has 18 heavy (non-hydrogen) atoms. The van der Waals surface area contributed by atoms with Crippen molar-refractivity contribution in [2.45, 2.75) is 19.4 Å². The van der Waals surface area contributed by atoms with E-state index in [9.17, 15) is 13.2 Å². The lowest BCUT2D eigenvalue weighted by atomic mass is 10.0. The third-order valence-electron chi connectivity index (χ3n) is 3.06. The minimum absolute atomic E-state index is 0.329. The van der Waals surface area contributed by atoms with Crippen molar-refractivity contribution in [2.24, 2.45) is 0 Å². The highest BCUT2D eigenvalue weighted by molar-refractivity contribution is 7.89. The zero-order valence-electron chi connectivity index (χ0n) is 9.87. The number of fused-ring (bicyclic) bond motifs is 1. The van der Waals surface area contributed by atoms with E-state index in [1.807, 2.05) is 24.3 Å². The number of carboxylic acids is 1. The van der Waals surface area contributed by atoms with Crippen molar-refractivity contribution in [3.05, 3.63) is 35.4 Å². The average Bonchev–Trinajstić information content (AvgIpc) is 2.36. The number of nitrogens with zero attached hydrogens (tertiary/aromatic N) is 1. The molecule has 5 nitrogen and oxygen atoms in total. The normalized spacial score (nSPS) is 16.2. The maximum atomic E-state index is 12.0. The topological polar surface area (TPSA) is 74.7 Å². The summed E-state index contributed by atoms with van der Waals surface area (Å²) in [4.78, 5) is 10.4. The Hall–Kier alpha value is -1.40. The SMILES string of the molecule is O=C(O)CCS(=O)(=O)N1CCc2ccccc2C1. The van der Waals surface area contributed by atoms with Gasteiger partial charge in [0.2, 0.25) is 10.0 Å². The molecule has 0 radical (unpaired) electrons. The minimum atomic E-state index is -3.47. The molecule has 1 aromatic carbocycles. The summed E-state index contributed by atoms with van der Waals surface area (Å²) < 4.78 is 25.3.